The summed E-state index contributed by atoms with van der Waals surface area (Å²) in [4.78, 5) is 7.62. The number of rotatable bonds is 17. The molecule has 5 nitrogen and oxygen atoms in total. The fourth-order valence-corrected chi connectivity index (χ4v) is 5.38. The van der Waals surface area contributed by atoms with Crippen molar-refractivity contribution in [2.45, 2.75) is 80.1 Å². The van der Waals surface area contributed by atoms with Gasteiger partial charge in [0, 0.05) is 35.7 Å². The molecule has 6 heteroatoms. The smallest absolute Gasteiger partial charge is 0.119 e. The summed E-state index contributed by atoms with van der Waals surface area (Å²) >= 11 is 6.00. The average Bonchev–Trinajstić information content (AvgIpc) is 3.41. The van der Waals surface area contributed by atoms with Crippen LogP contribution in [0.2, 0.25) is 5.02 Å². The number of halogens is 1. The van der Waals surface area contributed by atoms with Crippen LogP contribution in [0.1, 0.15) is 77.9 Å². The summed E-state index contributed by atoms with van der Waals surface area (Å²) in [6.07, 6.45) is 5.83. The SMILES string of the molecule is CC.CCCc1nc(-c2ccc(OCCc3ccc(Cl)cc3)cc2)c(CCC)n1-c1ccc(OCCCN(CC)CC)cc1. The van der Waals surface area contributed by atoms with E-state index < -0.39 is 0 Å². The van der Waals surface area contributed by atoms with Gasteiger partial charge >= 0.3 is 0 Å². The minimum Gasteiger partial charge on any atom is -0.494 e. The van der Waals surface area contributed by atoms with Crippen LogP contribution in [0.5, 0.6) is 11.5 Å². The van der Waals surface area contributed by atoms with Gasteiger partial charge in [0.1, 0.15) is 17.3 Å². The third kappa shape index (κ3) is 10.1. The van der Waals surface area contributed by atoms with Crippen LogP contribution >= 0.6 is 11.6 Å². The molecule has 0 aliphatic carbocycles. The Kier molecular flexibility index (Phi) is 15.3. The molecule has 4 aromatic rings. The largest absolute Gasteiger partial charge is 0.494 e. The number of nitrogens with zero attached hydrogens (tertiary/aromatic N) is 3. The van der Waals surface area contributed by atoms with E-state index in [1.165, 1.54) is 11.3 Å². The lowest BCUT2D eigenvalue weighted by Crippen LogP contribution is -2.25. The molecule has 0 unspecified atom stereocenters. The van der Waals surface area contributed by atoms with E-state index in [1.54, 1.807) is 0 Å². The number of aromatic nitrogens is 2. The van der Waals surface area contributed by atoms with Gasteiger partial charge in [-0.2, -0.15) is 0 Å². The topological polar surface area (TPSA) is 39.5 Å². The first-order chi connectivity index (χ1) is 21.6. The molecule has 0 aliphatic heterocycles. The van der Waals surface area contributed by atoms with E-state index in [0.29, 0.717) is 6.61 Å². The number of hydrogen-bond donors (Lipinski definition) is 0. The maximum atomic E-state index is 6.07. The summed E-state index contributed by atoms with van der Waals surface area (Å²) in [6.45, 7) is 17.4. The first kappa shape index (κ1) is 35.2. The van der Waals surface area contributed by atoms with E-state index in [-0.39, 0.29) is 0 Å². The molecular formula is C38H52ClN3O2. The predicted octanol–water partition coefficient (Wildman–Crippen LogP) is 9.86. The molecule has 0 aliphatic rings. The second-order valence-corrected chi connectivity index (χ2v) is 11.1. The van der Waals surface area contributed by atoms with Gasteiger partial charge in [-0.25, -0.2) is 4.98 Å². The maximum absolute atomic E-state index is 6.07. The van der Waals surface area contributed by atoms with Gasteiger partial charge in [-0.3, -0.25) is 0 Å². The number of ether oxygens (including phenoxy) is 2. The summed E-state index contributed by atoms with van der Waals surface area (Å²) in [5.74, 6) is 2.89. The summed E-state index contributed by atoms with van der Waals surface area (Å²) in [5, 5.41) is 0.755. The minimum absolute atomic E-state index is 0.618. The molecule has 0 saturated carbocycles. The molecule has 44 heavy (non-hydrogen) atoms. The molecule has 0 spiro atoms. The van der Waals surface area contributed by atoms with E-state index in [2.05, 4.69) is 85.7 Å². The van der Waals surface area contributed by atoms with Crippen LogP contribution in [0.4, 0.5) is 0 Å². The van der Waals surface area contributed by atoms with E-state index >= 15 is 0 Å². The van der Waals surface area contributed by atoms with Gasteiger partial charge in [0.15, 0.2) is 0 Å². The molecule has 0 N–H and O–H groups in total. The molecular weight excluding hydrogens is 566 g/mol. The van der Waals surface area contributed by atoms with Crippen LogP contribution in [0, 0.1) is 0 Å². The molecule has 1 heterocycles. The highest BCUT2D eigenvalue weighted by Gasteiger charge is 2.19. The summed E-state index contributed by atoms with van der Waals surface area (Å²) < 4.78 is 14.5. The molecule has 0 amide bonds. The van der Waals surface area contributed by atoms with Gasteiger partial charge in [-0.15, -0.1) is 0 Å². The zero-order chi connectivity index (χ0) is 31.7. The van der Waals surface area contributed by atoms with Crippen LogP contribution in [0.15, 0.2) is 72.8 Å². The lowest BCUT2D eigenvalue weighted by atomic mass is 10.1. The van der Waals surface area contributed by atoms with Crippen molar-refractivity contribution >= 4 is 11.6 Å². The van der Waals surface area contributed by atoms with Gasteiger partial charge < -0.3 is 18.9 Å². The molecule has 0 atom stereocenters. The number of aryl methyl sites for hydroxylation is 1. The van der Waals surface area contributed by atoms with Crippen molar-refractivity contribution in [3.8, 4) is 28.4 Å². The van der Waals surface area contributed by atoms with E-state index in [4.69, 9.17) is 26.1 Å². The Morgan fingerprint density at radius 1 is 0.705 bits per heavy atom. The van der Waals surface area contributed by atoms with E-state index in [1.807, 2.05) is 38.1 Å². The Hall–Kier alpha value is -3.28. The molecule has 4 rings (SSSR count). The predicted molar refractivity (Wildman–Crippen MR) is 187 cm³/mol. The molecule has 0 bridgehead atoms. The van der Waals surface area contributed by atoms with Crippen molar-refractivity contribution in [1.29, 1.82) is 0 Å². The lowest BCUT2D eigenvalue weighted by Gasteiger charge is -2.18. The van der Waals surface area contributed by atoms with Gasteiger partial charge in [-0.1, -0.05) is 71.7 Å². The highest BCUT2D eigenvalue weighted by atomic mass is 35.5. The fraction of sp³-hybridized carbons (Fsp3) is 0.447. The second-order valence-electron chi connectivity index (χ2n) is 10.6. The molecule has 0 radical (unpaired) electrons. The Morgan fingerprint density at radius 2 is 1.30 bits per heavy atom. The maximum Gasteiger partial charge on any atom is 0.119 e. The van der Waals surface area contributed by atoms with Crippen LogP contribution in [0.25, 0.3) is 16.9 Å². The van der Waals surface area contributed by atoms with Crippen LogP contribution in [-0.2, 0) is 19.3 Å². The number of hydrogen-bond acceptors (Lipinski definition) is 4. The average molecular weight is 618 g/mol. The van der Waals surface area contributed by atoms with Gasteiger partial charge in [0.25, 0.3) is 0 Å². The molecule has 238 valence electrons. The monoisotopic (exact) mass is 617 g/mol. The second kappa shape index (κ2) is 19.2. The number of benzene rings is 3. The highest BCUT2D eigenvalue weighted by molar-refractivity contribution is 6.30. The lowest BCUT2D eigenvalue weighted by molar-refractivity contribution is 0.249. The Morgan fingerprint density at radius 3 is 1.89 bits per heavy atom. The van der Waals surface area contributed by atoms with Crippen molar-refractivity contribution < 1.29 is 9.47 Å². The van der Waals surface area contributed by atoms with E-state index in [9.17, 15) is 0 Å². The Labute approximate surface area is 271 Å². The van der Waals surface area contributed by atoms with Crippen molar-refractivity contribution in [2.75, 3.05) is 32.8 Å². The van der Waals surface area contributed by atoms with Crippen LogP contribution in [0.3, 0.4) is 0 Å². The molecule has 0 saturated heterocycles. The highest BCUT2D eigenvalue weighted by Crippen LogP contribution is 2.31. The van der Waals surface area contributed by atoms with Crippen molar-refractivity contribution in [3.63, 3.8) is 0 Å². The summed E-state index contributed by atoms with van der Waals surface area (Å²) in [6, 6.07) is 24.8. The van der Waals surface area contributed by atoms with Gasteiger partial charge in [0.2, 0.25) is 0 Å². The zero-order valence-corrected chi connectivity index (χ0v) is 28.5. The normalized spacial score (nSPS) is 10.9. The van der Waals surface area contributed by atoms with Crippen LogP contribution < -0.4 is 9.47 Å². The molecule has 0 fully saturated rings. The number of imidazole rings is 1. The summed E-state index contributed by atoms with van der Waals surface area (Å²) in [7, 11) is 0. The quantitative estimate of drug-likeness (QED) is 0.111. The van der Waals surface area contributed by atoms with Gasteiger partial charge in [0.05, 0.1) is 24.6 Å². The third-order valence-electron chi connectivity index (χ3n) is 7.58. The first-order valence-electron chi connectivity index (χ1n) is 16.6. The Bertz CT molecular complexity index is 1340. The van der Waals surface area contributed by atoms with Crippen molar-refractivity contribution in [1.82, 2.24) is 14.5 Å². The van der Waals surface area contributed by atoms with Gasteiger partial charge in [-0.05, 0) is 98.6 Å². The zero-order valence-electron chi connectivity index (χ0n) is 27.7. The first-order valence-corrected chi connectivity index (χ1v) is 17.0. The summed E-state index contributed by atoms with van der Waals surface area (Å²) in [5.41, 5.74) is 5.78. The molecule has 1 aromatic heterocycles. The minimum atomic E-state index is 0.618. The van der Waals surface area contributed by atoms with Crippen molar-refractivity contribution in [2.24, 2.45) is 0 Å². The fourth-order valence-electron chi connectivity index (χ4n) is 5.26. The van der Waals surface area contributed by atoms with E-state index in [0.717, 1.165) is 104 Å². The van der Waals surface area contributed by atoms with Crippen molar-refractivity contribution in [3.05, 3.63) is 94.9 Å². The standard InChI is InChI=1S/C36H46ClN3O2.C2H6/c1-5-10-34-36(29-14-20-32(21-15-29)42-27-24-28-12-16-30(37)17-13-28)38-35(11-6-2)40(34)31-18-22-33(23-19-31)41-26-9-25-39(7-3)8-4;1-2/h12-23H,5-11,24-27H2,1-4H3;1-2H3. The van der Waals surface area contributed by atoms with Crippen LogP contribution in [-0.4, -0.2) is 47.3 Å². The third-order valence-corrected chi connectivity index (χ3v) is 7.83. The molecule has 3 aromatic carbocycles. The Balaban J connectivity index is 0.00000259.